The zero-order chi connectivity index (χ0) is 19.8. The number of rotatable bonds is 9. The Morgan fingerprint density at radius 1 is 1.04 bits per heavy atom. The summed E-state index contributed by atoms with van der Waals surface area (Å²) in [5.74, 6) is 2.37. The SMILES string of the molecule is CCCOc1ccc(CNc2nccc(Oc3ccc(F)cc3)n2)cc1OC. The highest BCUT2D eigenvalue weighted by Crippen LogP contribution is 2.28. The molecule has 3 rings (SSSR count). The second-order valence-electron chi connectivity index (χ2n) is 5.96. The van der Waals surface area contributed by atoms with Gasteiger partial charge in [0, 0.05) is 18.8 Å². The van der Waals surface area contributed by atoms with Crippen LogP contribution in [0.2, 0.25) is 0 Å². The molecule has 0 bridgehead atoms. The minimum absolute atomic E-state index is 0.320. The van der Waals surface area contributed by atoms with Crippen molar-refractivity contribution in [2.45, 2.75) is 19.9 Å². The van der Waals surface area contributed by atoms with Crippen molar-refractivity contribution in [1.29, 1.82) is 0 Å². The maximum Gasteiger partial charge on any atom is 0.226 e. The minimum atomic E-state index is -0.320. The first-order chi connectivity index (χ1) is 13.7. The van der Waals surface area contributed by atoms with Crippen LogP contribution < -0.4 is 19.5 Å². The Hall–Kier alpha value is -3.35. The van der Waals surface area contributed by atoms with Gasteiger partial charge in [-0.15, -0.1) is 0 Å². The monoisotopic (exact) mass is 383 g/mol. The number of hydrogen-bond acceptors (Lipinski definition) is 6. The Bertz CT molecular complexity index is 904. The van der Waals surface area contributed by atoms with E-state index < -0.39 is 0 Å². The number of aromatic nitrogens is 2. The average molecular weight is 383 g/mol. The third kappa shape index (κ3) is 5.33. The topological polar surface area (TPSA) is 65.5 Å². The van der Waals surface area contributed by atoms with Crippen molar-refractivity contribution in [2.75, 3.05) is 19.0 Å². The molecule has 3 aromatic rings. The number of benzene rings is 2. The summed E-state index contributed by atoms with van der Waals surface area (Å²) in [6, 6.07) is 13.1. The molecule has 1 heterocycles. The Morgan fingerprint density at radius 2 is 1.86 bits per heavy atom. The van der Waals surface area contributed by atoms with Crippen molar-refractivity contribution in [1.82, 2.24) is 9.97 Å². The van der Waals surface area contributed by atoms with Crippen molar-refractivity contribution in [3.63, 3.8) is 0 Å². The Kier molecular flexibility index (Phi) is 6.62. The van der Waals surface area contributed by atoms with Gasteiger partial charge in [-0.2, -0.15) is 4.98 Å². The van der Waals surface area contributed by atoms with Crippen LogP contribution in [-0.4, -0.2) is 23.7 Å². The van der Waals surface area contributed by atoms with Crippen molar-refractivity contribution in [3.05, 3.63) is 66.1 Å². The van der Waals surface area contributed by atoms with Gasteiger partial charge in [0.05, 0.1) is 13.7 Å². The molecule has 6 nitrogen and oxygen atoms in total. The van der Waals surface area contributed by atoms with Gasteiger partial charge in [-0.05, 0) is 48.4 Å². The molecule has 146 valence electrons. The van der Waals surface area contributed by atoms with Crippen molar-refractivity contribution in [2.24, 2.45) is 0 Å². The smallest absolute Gasteiger partial charge is 0.226 e. The molecule has 0 unspecified atom stereocenters. The highest BCUT2D eigenvalue weighted by atomic mass is 19.1. The molecule has 0 aliphatic carbocycles. The van der Waals surface area contributed by atoms with Crippen LogP contribution in [0.4, 0.5) is 10.3 Å². The van der Waals surface area contributed by atoms with Gasteiger partial charge in [0.25, 0.3) is 0 Å². The van der Waals surface area contributed by atoms with Gasteiger partial charge in [0.2, 0.25) is 11.8 Å². The van der Waals surface area contributed by atoms with Gasteiger partial charge in [0.1, 0.15) is 11.6 Å². The molecular weight excluding hydrogens is 361 g/mol. The highest BCUT2D eigenvalue weighted by Gasteiger charge is 2.07. The second-order valence-corrected chi connectivity index (χ2v) is 5.96. The van der Waals surface area contributed by atoms with E-state index in [1.165, 1.54) is 12.1 Å². The predicted molar refractivity (Wildman–Crippen MR) is 105 cm³/mol. The van der Waals surface area contributed by atoms with E-state index in [1.807, 2.05) is 18.2 Å². The Balaban J connectivity index is 1.63. The van der Waals surface area contributed by atoms with Gasteiger partial charge in [-0.1, -0.05) is 13.0 Å². The molecule has 0 atom stereocenters. The van der Waals surface area contributed by atoms with E-state index in [1.54, 1.807) is 31.5 Å². The molecule has 28 heavy (non-hydrogen) atoms. The first kappa shape index (κ1) is 19.4. The van der Waals surface area contributed by atoms with Crippen LogP contribution in [0.1, 0.15) is 18.9 Å². The molecule has 7 heteroatoms. The summed E-state index contributed by atoms with van der Waals surface area (Å²) < 4.78 is 29.7. The molecule has 1 N–H and O–H groups in total. The molecule has 0 aliphatic rings. The fourth-order valence-corrected chi connectivity index (χ4v) is 2.44. The fourth-order valence-electron chi connectivity index (χ4n) is 2.44. The number of anilines is 1. The molecule has 0 radical (unpaired) electrons. The molecular formula is C21H22FN3O3. The molecule has 0 saturated heterocycles. The third-order valence-corrected chi connectivity index (χ3v) is 3.81. The predicted octanol–water partition coefficient (Wildman–Crippen LogP) is 4.82. The standard InChI is InChI=1S/C21H22FN3O3/c1-3-12-27-18-9-4-15(13-19(18)26-2)14-24-21-23-11-10-20(25-21)28-17-7-5-16(22)6-8-17/h4-11,13H,3,12,14H2,1-2H3,(H,23,24,25). The molecule has 0 saturated carbocycles. The number of nitrogens with zero attached hydrogens (tertiary/aromatic N) is 2. The van der Waals surface area contributed by atoms with E-state index in [4.69, 9.17) is 14.2 Å². The lowest BCUT2D eigenvalue weighted by atomic mass is 10.2. The van der Waals surface area contributed by atoms with E-state index in [-0.39, 0.29) is 5.82 Å². The van der Waals surface area contributed by atoms with E-state index in [2.05, 4.69) is 22.2 Å². The van der Waals surface area contributed by atoms with Crippen LogP contribution in [-0.2, 0) is 6.54 Å². The van der Waals surface area contributed by atoms with E-state index in [0.717, 1.165) is 17.7 Å². The van der Waals surface area contributed by atoms with Crippen molar-refractivity contribution in [3.8, 4) is 23.1 Å². The van der Waals surface area contributed by atoms with E-state index >= 15 is 0 Å². The largest absolute Gasteiger partial charge is 0.493 e. The highest BCUT2D eigenvalue weighted by molar-refractivity contribution is 5.44. The van der Waals surface area contributed by atoms with Crippen LogP contribution >= 0.6 is 0 Å². The molecule has 0 spiro atoms. The molecule has 2 aromatic carbocycles. The van der Waals surface area contributed by atoms with E-state index in [0.29, 0.717) is 36.5 Å². The van der Waals surface area contributed by atoms with E-state index in [9.17, 15) is 4.39 Å². The quantitative estimate of drug-likeness (QED) is 0.572. The maximum absolute atomic E-state index is 13.0. The summed E-state index contributed by atoms with van der Waals surface area (Å²) >= 11 is 0. The lowest BCUT2D eigenvalue weighted by Gasteiger charge is -2.12. The van der Waals surface area contributed by atoms with Crippen molar-refractivity contribution < 1.29 is 18.6 Å². The van der Waals surface area contributed by atoms with Gasteiger partial charge < -0.3 is 19.5 Å². The van der Waals surface area contributed by atoms with Crippen LogP contribution in [0.15, 0.2) is 54.7 Å². The van der Waals surface area contributed by atoms with Gasteiger partial charge in [-0.3, -0.25) is 0 Å². The lowest BCUT2D eigenvalue weighted by Crippen LogP contribution is -2.05. The normalized spacial score (nSPS) is 10.4. The number of methoxy groups -OCH3 is 1. The summed E-state index contributed by atoms with van der Waals surface area (Å²) in [5.41, 5.74) is 0.995. The second kappa shape index (κ2) is 9.55. The lowest BCUT2D eigenvalue weighted by molar-refractivity contribution is 0.294. The number of ether oxygens (including phenoxy) is 3. The van der Waals surface area contributed by atoms with Crippen LogP contribution in [0.3, 0.4) is 0 Å². The third-order valence-electron chi connectivity index (χ3n) is 3.81. The maximum atomic E-state index is 13.0. The van der Waals surface area contributed by atoms with Crippen molar-refractivity contribution >= 4 is 5.95 Å². The fraction of sp³-hybridized carbons (Fsp3) is 0.238. The zero-order valence-electron chi connectivity index (χ0n) is 15.8. The first-order valence-corrected chi connectivity index (χ1v) is 8.98. The first-order valence-electron chi connectivity index (χ1n) is 8.98. The summed E-state index contributed by atoms with van der Waals surface area (Å²) in [7, 11) is 1.62. The van der Waals surface area contributed by atoms with Gasteiger partial charge in [0.15, 0.2) is 11.5 Å². The summed E-state index contributed by atoms with van der Waals surface area (Å²) in [6.07, 6.45) is 2.52. The molecule has 0 aliphatic heterocycles. The Morgan fingerprint density at radius 3 is 2.61 bits per heavy atom. The summed E-state index contributed by atoms with van der Waals surface area (Å²) in [6.45, 7) is 3.20. The molecule has 0 fully saturated rings. The molecule has 0 amide bonds. The van der Waals surface area contributed by atoms with Crippen LogP contribution in [0, 0.1) is 5.82 Å². The van der Waals surface area contributed by atoms with Gasteiger partial charge in [-0.25, -0.2) is 9.37 Å². The minimum Gasteiger partial charge on any atom is -0.493 e. The number of hydrogen-bond donors (Lipinski definition) is 1. The summed E-state index contributed by atoms with van der Waals surface area (Å²) in [4.78, 5) is 8.50. The Labute approximate surface area is 163 Å². The average Bonchev–Trinajstić information content (AvgIpc) is 2.73. The van der Waals surface area contributed by atoms with Crippen LogP contribution in [0.25, 0.3) is 0 Å². The zero-order valence-corrected chi connectivity index (χ0v) is 15.8. The van der Waals surface area contributed by atoms with Gasteiger partial charge >= 0.3 is 0 Å². The summed E-state index contributed by atoms with van der Waals surface area (Å²) in [5, 5.41) is 3.15. The number of nitrogens with one attached hydrogen (secondary N) is 1. The van der Waals surface area contributed by atoms with Crippen LogP contribution in [0.5, 0.6) is 23.1 Å². The molecule has 1 aromatic heterocycles. The number of halogens is 1.